The molecule has 1 aromatic carbocycles. The van der Waals surface area contributed by atoms with Crippen LogP contribution in [-0.4, -0.2) is 58.2 Å². The number of hydrogen-bond donors (Lipinski definition) is 1. The number of fused-ring (bicyclic) bond motifs is 1. The van der Waals surface area contributed by atoms with Gasteiger partial charge in [-0.25, -0.2) is 15.0 Å². The Labute approximate surface area is 285 Å². The van der Waals surface area contributed by atoms with E-state index in [0.29, 0.717) is 68.0 Å². The van der Waals surface area contributed by atoms with E-state index in [1.165, 1.54) is 24.4 Å². The van der Waals surface area contributed by atoms with E-state index in [1.807, 2.05) is 18.7 Å². The summed E-state index contributed by atoms with van der Waals surface area (Å²) >= 11 is 0. The largest absolute Gasteiger partial charge is 0.481 e. The van der Waals surface area contributed by atoms with Crippen LogP contribution in [0.25, 0.3) is 0 Å². The summed E-state index contributed by atoms with van der Waals surface area (Å²) in [7, 11) is 1.40. The third kappa shape index (κ3) is 7.88. The van der Waals surface area contributed by atoms with Crippen molar-refractivity contribution in [3.05, 3.63) is 65.1 Å². The lowest BCUT2D eigenvalue weighted by atomic mass is 9.91. The minimum absolute atomic E-state index is 0.0175. The quantitative estimate of drug-likeness (QED) is 0.217. The van der Waals surface area contributed by atoms with Gasteiger partial charge in [-0.05, 0) is 61.9 Å². The molecule has 1 N–H and O–H groups in total. The molecule has 4 heterocycles. The molecule has 2 aliphatic heterocycles. The Morgan fingerprint density at radius 1 is 0.980 bits per heavy atom. The van der Waals surface area contributed by atoms with Crippen LogP contribution in [0, 0.1) is 5.92 Å². The maximum Gasteiger partial charge on any atom is 0.416 e. The number of carbonyl (C=O) groups is 2. The fourth-order valence-corrected chi connectivity index (χ4v) is 6.62. The summed E-state index contributed by atoms with van der Waals surface area (Å²) in [6.07, 6.45) is -4.70. The molecule has 10 nitrogen and oxygen atoms in total. The van der Waals surface area contributed by atoms with Gasteiger partial charge in [-0.3, -0.25) is 9.59 Å². The standard InChI is InChI=1S/C34H38F6N6O4/c1-4-6-29(47)46-24(5-2)16-27(30-26(46)7-8-28(43-30)50-3)45(19-20-13-22(33(35,36)37)15-23(14-20)34(38,39)40)32-41-17-25(18-42-32)44-11-9-21(10-12-44)31(48)49/h7-8,13-15,17-18,21,24,27H,4-6,9-12,16,19H2,1-3H3,(H,48,49)/t24-,27?/m1/s1. The van der Waals surface area contributed by atoms with E-state index in [4.69, 9.17) is 4.74 Å². The zero-order valence-corrected chi connectivity index (χ0v) is 27.8. The van der Waals surface area contributed by atoms with E-state index >= 15 is 0 Å². The molecule has 0 spiro atoms. The van der Waals surface area contributed by atoms with Gasteiger partial charge in [0.1, 0.15) is 0 Å². The van der Waals surface area contributed by atoms with Crippen LogP contribution < -0.4 is 19.4 Å². The molecule has 1 unspecified atom stereocenters. The molecule has 270 valence electrons. The summed E-state index contributed by atoms with van der Waals surface area (Å²) in [6, 6.07) is 3.53. The van der Waals surface area contributed by atoms with E-state index in [-0.39, 0.29) is 48.2 Å². The fraction of sp³-hybridized carbons (Fsp3) is 0.500. The van der Waals surface area contributed by atoms with Gasteiger partial charge < -0.3 is 24.5 Å². The number of aliphatic carboxylic acids is 1. The molecule has 0 aliphatic carbocycles. The van der Waals surface area contributed by atoms with Crippen LogP contribution in [0.2, 0.25) is 0 Å². The van der Waals surface area contributed by atoms with Crippen LogP contribution in [0.4, 0.5) is 43.7 Å². The zero-order valence-electron chi connectivity index (χ0n) is 27.8. The Morgan fingerprint density at radius 2 is 1.60 bits per heavy atom. The van der Waals surface area contributed by atoms with Crippen molar-refractivity contribution in [3.63, 3.8) is 0 Å². The number of carboxylic acid groups (broad SMARTS) is 1. The second-order valence-corrected chi connectivity index (χ2v) is 12.5. The highest BCUT2D eigenvalue weighted by Gasteiger charge is 2.41. The van der Waals surface area contributed by atoms with Gasteiger partial charge in [0.15, 0.2) is 0 Å². The Morgan fingerprint density at radius 3 is 2.12 bits per heavy atom. The van der Waals surface area contributed by atoms with Gasteiger partial charge in [0.2, 0.25) is 17.7 Å². The molecule has 3 aromatic rings. The number of pyridine rings is 1. The number of anilines is 3. The van der Waals surface area contributed by atoms with Crippen molar-refractivity contribution < 1.29 is 45.8 Å². The number of nitrogens with zero attached hydrogens (tertiary/aromatic N) is 6. The highest BCUT2D eigenvalue weighted by molar-refractivity contribution is 5.95. The number of carbonyl (C=O) groups excluding carboxylic acids is 1. The normalized spacial score (nSPS) is 18.5. The number of piperidine rings is 1. The number of methoxy groups -OCH3 is 1. The molecule has 0 saturated carbocycles. The van der Waals surface area contributed by atoms with Gasteiger partial charge in [-0.2, -0.15) is 26.3 Å². The molecule has 0 radical (unpaired) electrons. The smallest absolute Gasteiger partial charge is 0.416 e. The molecular formula is C34H38F6N6O4. The number of aromatic nitrogens is 3. The number of rotatable bonds is 10. The van der Waals surface area contributed by atoms with Crippen LogP contribution in [-0.2, 0) is 28.5 Å². The number of carboxylic acids is 1. The highest BCUT2D eigenvalue weighted by Crippen LogP contribution is 2.44. The molecule has 16 heteroatoms. The first-order valence-corrected chi connectivity index (χ1v) is 16.4. The fourth-order valence-electron chi connectivity index (χ4n) is 6.62. The van der Waals surface area contributed by atoms with Gasteiger partial charge in [0.05, 0.1) is 59.7 Å². The van der Waals surface area contributed by atoms with Gasteiger partial charge >= 0.3 is 18.3 Å². The number of halogens is 6. The van der Waals surface area contributed by atoms with Gasteiger partial charge in [-0.15, -0.1) is 0 Å². The van der Waals surface area contributed by atoms with Crippen LogP contribution >= 0.6 is 0 Å². The maximum atomic E-state index is 13.9. The predicted octanol–water partition coefficient (Wildman–Crippen LogP) is 7.28. The average Bonchev–Trinajstić information content (AvgIpc) is 3.09. The van der Waals surface area contributed by atoms with Crippen LogP contribution in [0.15, 0.2) is 42.7 Å². The van der Waals surface area contributed by atoms with Gasteiger partial charge in [-0.1, -0.05) is 13.8 Å². The molecule has 50 heavy (non-hydrogen) atoms. The summed E-state index contributed by atoms with van der Waals surface area (Å²) in [6.45, 7) is 4.18. The summed E-state index contributed by atoms with van der Waals surface area (Å²) < 4.78 is 88.8. The predicted molar refractivity (Wildman–Crippen MR) is 172 cm³/mol. The van der Waals surface area contributed by atoms with E-state index in [2.05, 4.69) is 15.0 Å². The zero-order chi connectivity index (χ0) is 36.4. The molecule has 1 fully saturated rings. The minimum Gasteiger partial charge on any atom is -0.481 e. The molecule has 2 aromatic heterocycles. The van der Waals surface area contributed by atoms with E-state index in [0.717, 1.165) is 0 Å². The minimum atomic E-state index is -5.05. The van der Waals surface area contributed by atoms with Crippen molar-refractivity contribution in [2.45, 2.75) is 83.4 Å². The molecule has 5 rings (SSSR count). The Hall–Kier alpha value is -4.63. The topological polar surface area (TPSA) is 112 Å². The first-order valence-electron chi connectivity index (χ1n) is 16.4. The van der Waals surface area contributed by atoms with Crippen molar-refractivity contribution in [1.29, 1.82) is 0 Å². The lowest BCUT2D eigenvalue weighted by Crippen LogP contribution is -2.48. The monoisotopic (exact) mass is 708 g/mol. The summed E-state index contributed by atoms with van der Waals surface area (Å²) in [5.41, 5.74) is -1.80. The number of alkyl halides is 6. The van der Waals surface area contributed by atoms with Crippen molar-refractivity contribution in [2.24, 2.45) is 5.92 Å². The Balaban J connectivity index is 1.63. The van der Waals surface area contributed by atoms with Crippen LogP contribution in [0.1, 0.15) is 80.8 Å². The lowest BCUT2D eigenvalue weighted by molar-refractivity contribution is -0.144. The average molecular weight is 709 g/mol. The Kier molecular flexibility index (Phi) is 10.8. The number of amides is 1. The van der Waals surface area contributed by atoms with E-state index in [1.54, 1.807) is 17.0 Å². The van der Waals surface area contributed by atoms with Crippen molar-refractivity contribution >= 4 is 29.2 Å². The van der Waals surface area contributed by atoms with Crippen molar-refractivity contribution in [1.82, 2.24) is 15.0 Å². The Bertz CT molecular complexity index is 1650. The lowest BCUT2D eigenvalue weighted by Gasteiger charge is -2.44. The number of hydrogen-bond acceptors (Lipinski definition) is 8. The first-order chi connectivity index (χ1) is 23.6. The van der Waals surface area contributed by atoms with Gasteiger partial charge in [0, 0.05) is 38.2 Å². The third-order valence-corrected chi connectivity index (χ3v) is 9.19. The van der Waals surface area contributed by atoms with Gasteiger partial charge in [0.25, 0.3) is 0 Å². The van der Waals surface area contributed by atoms with Crippen LogP contribution in [0.3, 0.4) is 0 Å². The molecule has 2 aliphatic rings. The summed E-state index contributed by atoms with van der Waals surface area (Å²) in [5.74, 6) is -1.26. The number of benzene rings is 1. The SMILES string of the molecule is CCCC(=O)N1c2ccc(OC)nc2C(N(Cc2cc(C(F)(F)F)cc(C(F)(F)F)c2)c2ncc(N3CCC(C(=O)O)CC3)cn2)C[C@H]1CC. The second-order valence-electron chi connectivity index (χ2n) is 12.5. The molecular weight excluding hydrogens is 670 g/mol. The van der Waals surface area contributed by atoms with E-state index < -0.39 is 48.0 Å². The molecule has 2 atom stereocenters. The third-order valence-electron chi connectivity index (χ3n) is 9.19. The molecule has 1 amide bonds. The molecule has 1 saturated heterocycles. The second kappa shape index (κ2) is 14.7. The van der Waals surface area contributed by atoms with Crippen LogP contribution in [0.5, 0.6) is 5.88 Å². The highest BCUT2D eigenvalue weighted by atomic mass is 19.4. The van der Waals surface area contributed by atoms with Crippen molar-refractivity contribution in [2.75, 3.05) is 34.9 Å². The first kappa shape index (κ1) is 36.6. The summed E-state index contributed by atoms with van der Waals surface area (Å²) in [5, 5.41) is 9.37. The number of ether oxygens (including phenoxy) is 1. The maximum absolute atomic E-state index is 13.9. The molecule has 0 bridgehead atoms. The summed E-state index contributed by atoms with van der Waals surface area (Å²) in [4.78, 5) is 43.7. The van der Waals surface area contributed by atoms with Crippen molar-refractivity contribution in [3.8, 4) is 5.88 Å². The van der Waals surface area contributed by atoms with E-state index in [9.17, 15) is 41.0 Å².